The van der Waals surface area contributed by atoms with Gasteiger partial charge in [0.2, 0.25) is 0 Å². The Morgan fingerprint density at radius 3 is 2.27 bits per heavy atom. The summed E-state index contributed by atoms with van der Waals surface area (Å²) in [6.45, 7) is 7.31. The van der Waals surface area contributed by atoms with Gasteiger partial charge in [-0.15, -0.1) is 5.53 Å². The van der Waals surface area contributed by atoms with E-state index in [1.165, 1.54) is 0 Å². The maximum Gasteiger partial charge on any atom is 0.0618 e. The minimum Gasteiger partial charge on any atom is -0.193 e. The summed E-state index contributed by atoms with van der Waals surface area (Å²) < 4.78 is 0. The van der Waals surface area contributed by atoms with Gasteiger partial charge >= 0.3 is 0 Å². The van der Waals surface area contributed by atoms with Gasteiger partial charge in [-0.25, -0.2) is 0 Å². The van der Waals surface area contributed by atoms with Gasteiger partial charge in [0.05, 0.1) is 6.54 Å². The van der Waals surface area contributed by atoms with Gasteiger partial charge in [-0.2, -0.15) is 10.2 Å². The first-order valence-electron chi connectivity index (χ1n) is 3.66. The van der Waals surface area contributed by atoms with Crippen molar-refractivity contribution in [2.24, 2.45) is 15.9 Å². The van der Waals surface area contributed by atoms with E-state index in [-0.39, 0.29) is 5.41 Å². The molecule has 0 aliphatic carbocycles. The zero-order valence-corrected chi connectivity index (χ0v) is 7.50. The van der Waals surface area contributed by atoms with Gasteiger partial charge in [0, 0.05) is 7.05 Å². The van der Waals surface area contributed by atoms with Crippen molar-refractivity contribution in [1.82, 2.24) is 15.8 Å². The van der Waals surface area contributed by atoms with Crippen LogP contribution in [0.25, 0.3) is 0 Å². The lowest BCUT2D eigenvalue weighted by atomic mass is 9.97. The Labute approximate surface area is 67.0 Å². The molecule has 0 atom stereocenters. The molecular formula is C6H15N5. The third kappa shape index (κ3) is 2.71. The van der Waals surface area contributed by atoms with E-state index in [1.807, 2.05) is 7.05 Å². The quantitative estimate of drug-likeness (QED) is 0.617. The second-order valence-corrected chi connectivity index (χ2v) is 3.92. The number of rotatable bonds is 1. The zero-order chi connectivity index (χ0) is 8.48. The highest BCUT2D eigenvalue weighted by molar-refractivity contribution is 4.64. The molecule has 0 aromatic heterocycles. The molecule has 0 saturated heterocycles. The molecular weight excluding hydrogens is 142 g/mol. The van der Waals surface area contributed by atoms with E-state index >= 15 is 0 Å². The lowest BCUT2D eigenvalue weighted by molar-refractivity contribution is 0.0785. The van der Waals surface area contributed by atoms with E-state index in [9.17, 15) is 0 Å². The van der Waals surface area contributed by atoms with Crippen molar-refractivity contribution >= 4 is 0 Å². The van der Waals surface area contributed by atoms with Crippen molar-refractivity contribution in [2.45, 2.75) is 20.8 Å². The minimum atomic E-state index is 0.233. The molecule has 0 aromatic carbocycles. The Bertz CT molecular complexity index is 159. The van der Waals surface area contributed by atoms with Crippen LogP contribution in [-0.2, 0) is 0 Å². The first-order chi connectivity index (χ1) is 4.97. The number of nitrogens with zero attached hydrogens (tertiary/aromatic N) is 4. The highest BCUT2D eigenvalue weighted by Gasteiger charge is 2.18. The van der Waals surface area contributed by atoms with Crippen molar-refractivity contribution in [3.05, 3.63) is 0 Å². The van der Waals surface area contributed by atoms with Crippen LogP contribution in [0, 0.1) is 5.41 Å². The Hall–Kier alpha value is -0.840. The summed E-state index contributed by atoms with van der Waals surface area (Å²) in [7, 11) is 1.81. The third-order valence-electron chi connectivity index (χ3n) is 1.17. The van der Waals surface area contributed by atoms with E-state index in [0.717, 1.165) is 6.54 Å². The van der Waals surface area contributed by atoms with Crippen LogP contribution in [0.1, 0.15) is 20.8 Å². The normalized spacial score (nSPS) is 18.2. The fourth-order valence-corrected chi connectivity index (χ4v) is 0.832. The van der Waals surface area contributed by atoms with E-state index in [1.54, 1.807) is 10.2 Å². The van der Waals surface area contributed by atoms with E-state index in [2.05, 4.69) is 36.8 Å². The van der Waals surface area contributed by atoms with Crippen molar-refractivity contribution in [2.75, 3.05) is 13.6 Å². The highest BCUT2D eigenvalue weighted by Crippen LogP contribution is 2.15. The summed E-state index contributed by atoms with van der Waals surface area (Å²) in [6.07, 6.45) is 0. The minimum absolute atomic E-state index is 0.233. The summed E-state index contributed by atoms with van der Waals surface area (Å²) >= 11 is 0. The standard InChI is InChI=1S/C6H15N5/c1-6(2,3)5-11-8-7-10(4)9-11/h9H,5H2,1-4H3. The van der Waals surface area contributed by atoms with Crippen LogP contribution < -0.4 is 5.53 Å². The molecule has 11 heavy (non-hydrogen) atoms. The molecule has 1 N–H and O–H groups in total. The van der Waals surface area contributed by atoms with Gasteiger partial charge in [-0.1, -0.05) is 20.8 Å². The molecule has 0 unspecified atom stereocenters. The summed E-state index contributed by atoms with van der Waals surface area (Å²) in [5.41, 5.74) is 3.18. The predicted octanol–water partition coefficient (Wildman–Crippen LogP) is 0.982. The zero-order valence-electron chi connectivity index (χ0n) is 7.50. The molecule has 0 spiro atoms. The van der Waals surface area contributed by atoms with Crippen LogP contribution >= 0.6 is 0 Å². The first kappa shape index (κ1) is 8.26. The number of hydrogen-bond donors (Lipinski definition) is 1. The fourth-order valence-electron chi connectivity index (χ4n) is 0.832. The number of nitrogens with one attached hydrogen (secondary N) is 1. The van der Waals surface area contributed by atoms with Gasteiger partial charge in [-0.3, -0.25) is 0 Å². The van der Waals surface area contributed by atoms with Crippen LogP contribution in [-0.4, -0.2) is 23.8 Å². The van der Waals surface area contributed by atoms with Crippen LogP contribution in [0.4, 0.5) is 0 Å². The van der Waals surface area contributed by atoms with E-state index in [4.69, 9.17) is 0 Å². The molecule has 0 amide bonds. The molecule has 64 valence electrons. The third-order valence-corrected chi connectivity index (χ3v) is 1.17. The van der Waals surface area contributed by atoms with Gasteiger partial charge in [0.15, 0.2) is 0 Å². The Balaban J connectivity index is 2.36. The lowest BCUT2D eigenvalue weighted by Gasteiger charge is -2.23. The molecule has 5 heteroatoms. The van der Waals surface area contributed by atoms with Gasteiger partial charge in [-0.05, 0) is 15.9 Å². The lowest BCUT2D eigenvalue weighted by Crippen LogP contribution is -2.40. The summed E-state index contributed by atoms with van der Waals surface area (Å²) in [4.78, 5) is 0. The molecule has 5 nitrogen and oxygen atoms in total. The largest absolute Gasteiger partial charge is 0.193 e. The monoisotopic (exact) mass is 157 g/mol. The van der Waals surface area contributed by atoms with Crippen molar-refractivity contribution < 1.29 is 0 Å². The van der Waals surface area contributed by atoms with Crippen LogP contribution in [0.2, 0.25) is 0 Å². The maximum atomic E-state index is 3.88. The fraction of sp³-hybridized carbons (Fsp3) is 1.00. The predicted molar refractivity (Wildman–Crippen MR) is 41.9 cm³/mol. The smallest absolute Gasteiger partial charge is 0.0618 e. The first-order valence-corrected chi connectivity index (χ1v) is 3.66. The molecule has 0 saturated carbocycles. The second kappa shape index (κ2) is 2.65. The average molecular weight is 157 g/mol. The molecule has 0 fully saturated rings. The second-order valence-electron chi connectivity index (χ2n) is 3.92. The van der Waals surface area contributed by atoms with Gasteiger partial charge in [0.25, 0.3) is 0 Å². The highest BCUT2D eigenvalue weighted by atomic mass is 16.0. The average Bonchev–Trinajstić information content (AvgIpc) is 2.10. The number of hydrogen-bond acceptors (Lipinski definition) is 5. The molecule has 1 aliphatic rings. The molecule has 0 bridgehead atoms. The Morgan fingerprint density at radius 2 is 1.91 bits per heavy atom. The van der Waals surface area contributed by atoms with Gasteiger partial charge in [0.1, 0.15) is 0 Å². The van der Waals surface area contributed by atoms with Crippen molar-refractivity contribution in [3.63, 3.8) is 0 Å². The van der Waals surface area contributed by atoms with E-state index in [0.29, 0.717) is 0 Å². The SMILES string of the molecule is CN1N=NN(CC(C)(C)C)N1. The molecule has 1 aliphatic heterocycles. The van der Waals surface area contributed by atoms with E-state index < -0.39 is 0 Å². The van der Waals surface area contributed by atoms with Crippen LogP contribution in [0.15, 0.2) is 10.4 Å². The molecule has 1 heterocycles. The topological polar surface area (TPSA) is 43.2 Å². The Morgan fingerprint density at radius 1 is 1.27 bits per heavy atom. The number of hydrazine groups is 2. The summed E-state index contributed by atoms with van der Waals surface area (Å²) in [6, 6.07) is 0. The maximum absolute atomic E-state index is 3.88. The molecule has 1 rings (SSSR count). The summed E-state index contributed by atoms with van der Waals surface area (Å²) in [5.74, 6) is 0. The van der Waals surface area contributed by atoms with Crippen LogP contribution in [0.5, 0.6) is 0 Å². The van der Waals surface area contributed by atoms with Crippen molar-refractivity contribution in [1.29, 1.82) is 0 Å². The molecule has 0 aromatic rings. The van der Waals surface area contributed by atoms with Crippen molar-refractivity contribution in [3.8, 4) is 0 Å². The molecule has 0 radical (unpaired) electrons. The van der Waals surface area contributed by atoms with Gasteiger partial charge < -0.3 is 0 Å². The van der Waals surface area contributed by atoms with Crippen LogP contribution in [0.3, 0.4) is 0 Å². The summed E-state index contributed by atoms with van der Waals surface area (Å²) in [5, 5.41) is 10.9. The Kier molecular flexibility index (Phi) is 1.99.